The topological polar surface area (TPSA) is 84.5 Å². The Morgan fingerprint density at radius 1 is 1.12 bits per heavy atom. The fourth-order valence-corrected chi connectivity index (χ4v) is 2.55. The van der Waals surface area contributed by atoms with Crippen molar-refractivity contribution in [2.45, 2.75) is 51.2 Å². The molecule has 0 spiro atoms. The summed E-state index contributed by atoms with van der Waals surface area (Å²) in [4.78, 5) is 35.5. The van der Waals surface area contributed by atoms with Gasteiger partial charge in [-0.1, -0.05) is 19.3 Å². The highest BCUT2D eigenvalue weighted by Gasteiger charge is 2.22. The van der Waals surface area contributed by atoms with Crippen LogP contribution in [0.3, 0.4) is 0 Å². The van der Waals surface area contributed by atoms with E-state index >= 15 is 0 Å². The van der Waals surface area contributed by atoms with Gasteiger partial charge in [0.15, 0.2) is 6.10 Å². The molecule has 0 radical (unpaired) electrons. The van der Waals surface area contributed by atoms with Crippen molar-refractivity contribution in [3.8, 4) is 0 Å². The predicted molar refractivity (Wildman–Crippen MR) is 84.8 cm³/mol. The molecule has 1 unspecified atom stereocenters. The second-order valence-electron chi connectivity index (χ2n) is 5.85. The number of carbonyl (C=O) groups excluding carboxylic acids is 3. The first-order chi connectivity index (χ1) is 11.5. The van der Waals surface area contributed by atoms with Gasteiger partial charge in [0.25, 0.3) is 5.91 Å². The van der Waals surface area contributed by atoms with Crippen LogP contribution in [0.25, 0.3) is 0 Å². The Hall–Kier alpha value is -2.44. The Morgan fingerprint density at radius 3 is 2.38 bits per heavy atom. The van der Waals surface area contributed by atoms with Crippen molar-refractivity contribution in [2.24, 2.45) is 0 Å². The van der Waals surface area contributed by atoms with Gasteiger partial charge in [-0.3, -0.25) is 10.1 Å². The summed E-state index contributed by atoms with van der Waals surface area (Å²) in [6.45, 7) is 1.37. The van der Waals surface area contributed by atoms with E-state index in [1.54, 1.807) is 0 Å². The summed E-state index contributed by atoms with van der Waals surface area (Å²) in [5, 5.41) is 4.91. The summed E-state index contributed by atoms with van der Waals surface area (Å²) in [6.07, 6.45) is 3.94. The van der Waals surface area contributed by atoms with E-state index in [2.05, 4.69) is 10.6 Å². The smallest absolute Gasteiger partial charge is 0.338 e. The van der Waals surface area contributed by atoms with Crippen molar-refractivity contribution in [3.05, 3.63) is 35.6 Å². The van der Waals surface area contributed by atoms with E-state index in [9.17, 15) is 18.8 Å². The number of amides is 3. The van der Waals surface area contributed by atoms with Crippen LogP contribution in [-0.4, -0.2) is 30.1 Å². The summed E-state index contributed by atoms with van der Waals surface area (Å²) in [6, 6.07) is 4.26. The summed E-state index contributed by atoms with van der Waals surface area (Å²) < 4.78 is 17.8. The number of rotatable bonds is 4. The van der Waals surface area contributed by atoms with Crippen molar-refractivity contribution in [2.75, 3.05) is 0 Å². The quantitative estimate of drug-likeness (QED) is 0.828. The minimum atomic E-state index is -1.14. The van der Waals surface area contributed by atoms with Crippen molar-refractivity contribution >= 4 is 17.9 Å². The number of hydrogen-bond acceptors (Lipinski definition) is 4. The zero-order chi connectivity index (χ0) is 17.5. The lowest BCUT2D eigenvalue weighted by atomic mass is 9.96. The molecule has 1 fully saturated rings. The Labute approximate surface area is 139 Å². The lowest BCUT2D eigenvalue weighted by Gasteiger charge is -2.23. The summed E-state index contributed by atoms with van der Waals surface area (Å²) >= 11 is 0. The molecule has 1 aliphatic rings. The second-order valence-corrected chi connectivity index (χ2v) is 5.85. The molecule has 7 heteroatoms. The zero-order valence-electron chi connectivity index (χ0n) is 13.5. The highest BCUT2D eigenvalue weighted by Crippen LogP contribution is 2.17. The number of esters is 1. The Bertz CT molecular complexity index is 597. The third-order valence-electron chi connectivity index (χ3n) is 3.91. The average Bonchev–Trinajstić information content (AvgIpc) is 2.56. The maximum atomic E-state index is 12.8. The van der Waals surface area contributed by atoms with Crippen LogP contribution >= 0.6 is 0 Å². The Kier molecular flexibility index (Phi) is 6.28. The second kappa shape index (κ2) is 8.42. The molecule has 1 aromatic rings. The molecule has 1 saturated carbocycles. The van der Waals surface area contributed by atoms with Gasteiger partial charge < -0.3 is 10.1 Å². The molecule has 2 N–H and O–H groups in total. The molecule has 0 heterocycles. The van der Waals surface area contributed by atoms with Gasteiger partial charge in [-0.15, -0.1) is 0 Å². The molecule has 24 heavy (non-hydrogen) atoms. The normalized spacial score (nSPS) is 16.1. The fraction of sp³-hybridized carbons (Fsp3) is 0.471. The Morgan fingerprint density at radius 2 is 1.75 bits per heavy atom. The van der Waals surface area contributed by atoms with Crippen LogP contribution in [0, 0.1) is 5.82 Å². The zero-order valence-corrected chi connectivity index (χ0v) is 13.5. The van der Waals surface area contributed by atoms with Crippen molar-refractivity contribution < 1.29 is 23.5 Å². The number of halogens is 1. The standard InChI is InChI=1S/C17H21FN2O4/c1-11(24-16(22)12-7-9-13(18)10-8-12)15(21)20-17(23)19-14-5-3-2-4-6-14/h7-11,14H,2-6H2,1H3,(H2,19,20,21,23). The molecule has 0 saturated heterocycles. The van der Waals surface area contributed by atoms with Gasteiger partial charge in [-0.05, 0) is 44.0 Å². The highest BCUT2D eigenvalue weighted by atomic mass is 19.1. The van der Waals surface area contributed by atoms with Crippen LogP contribution < -0.4 is 10.6 Å². The first-order valence-electron chi connectivity index (χ1n) is 8.03. The molecule has 1 aliphatic carbocycles. The first-order valence-corrected chi connectivity index (χ1v) is 8.03. The largest absolute Gasteiger partial charge is 0.449 e. The minimum Gasteiger partial charge on any atom is -0.449 e. The molecule has 0 aliphatic heterocycles. The number of hydrogen-bond donors (Lipinski definition) is 2. The van der Waals surface area contributed by atoms with Crippen molar-refractivity contribution in [1.29, 1.82) is 0 Å². The molecule has 3 amide bonds. The molecule has 0 aromatic heterocycles. The monoisotopic (exact) mass is 336 g/mol. The number of carbonyl (C=O) groups is 3. The van der Waals surface area contributed by atoms with Gasteiger partial charge in [-0.2, -0.15) is 0 Å². The van der Waals surface area contributed by atoms with E-state index in [1.807, 2.05) is 0 Å². The molecule has 1 aromatic carbocycles. The SMILES string of the molecule is CC(OC(=O)c1ccc(F)cc1)C(=O)NC(=O)NC1CCCCC1. The van der Waals surface area contributed by atoms with Crippen LogP contribution in [0.1, 0.15) is 49.4 Å². The maximum absolute atomic E-state index is 12.8. The number of urea groups is 1. The van der Waals surface area contributed by atoms with Gasteiger partial charge in [0.2, 0.25) is 0 Å². The summed E-state index contributed by atoms with van der Waals surface area (Å²) in [7, 11) is 0. The molecule has 130 valence electrons. The third kappa shape index (κ3) is 5.33. The lowest BCUT2D eigenvalue weighted by molar-refractivity contribution is -0.127. The van der Waals surface area contributed by atoms with Gasteiger partial charge in [0.1, 0.15) is 5.82 Å². The molecule has 0 bridgehead atoms. The fourth-order valence-electron chi connectivity index (χ4n) is 2.55. The van der Waals surface area contributed by atoms with E-state index in [0.29, 0.717) is 0 Å². The summed E-state index contributed by atoms with van der Waals surface area (Å²) in [5.41, 5.74) is 0.128. The van der Waals surface area contributed by atoms with Crippen LogP contribution in [0.4, 0.5) is 9.18 Å². The van der Waals surface area contributed by atoms with Crippen LogP contribution in [0.15, 0.2) is 24.3 Å². The van der Waals surface area contributed by atoms with E-state index in [1.165, 1.54) is 19.1 Å². The lowest BCUT2D eigenvalue weighted by Crippen LogP contribution is -2.48. The molecular weight excluding hydrogens is 315 g/mol. The molecular formula is C17H21FN2O4. The Balaban J connectivity index is 1.79. The first kappa shape index (κ1) is 17.9. The minimum absolute atomic E-state index is 0.0728. The molecule has 2 rings (SSSR count). The number of nitrogens with one attached hydrogen (secondary N) is 2. The highest BCUT2D eigenvalue weighted by molar-refractivity contribution is 5.98. The molecule has 1 atom stereocenters. The number of benzene rings is 1. The van der Waals surface area contributed by atoms with Crippen molar-refractivity contribution in [1.82, 2.24) is 10.6 Å². The van der Waals surface area contributed by atoms with Crippen molar-refractivity contribution in [3.63, 3.8) is 0 Å². The average molecular weight is 336 g/mol. The van der Waals surface area contributed by atoms with E-state index in [0.717, 1.165) is 44.2 Å². The van der Waals surface area contributed by atoms with Gasteiger partial charge in [0.05, 0.1) is 5.56 Å². The van der Waals surface area contributed by atoms with Crippen LogP contribution in [0.2, 0.25) is 0 Å². The summed E-state index contributed by atoms with van der Waals surface area (Å²) in [5.74, 6) is -1.94. The van der Waals surface area contributed by atoms with Crippen LogP contribution in [0.5, 0.6) is 0 Å². The number of imide groups is 1. The predicted octanol–water partition coefficient (Wildman–Crippen LogP) is 2.53. The van der Waals surface area contributed by atoms with Gasteiger partial charge in [-0.25, -0.2) is 14.0 Å². The third-order valence-corrected chi connectivity index (χ3v) is 3.91. The van der Waals surface area contributed by atoms with E-state index in [4.69, 9.17) is 4.74 Å². The maximum Gasteiger partial charge on any atom is 0.338 e. The number of ether oxygens (including phenoxy) is 1. The van der Waals surface area contributed by atoms with Gasteiger partial charge >= 0.3 is 12.0 Å². The molecule has 6 nitrogen and oxygen atoms in total. The van der Waals surface area contributed by atoms with Crippen LogP contribution in [-0.2, 0) is 9.53 Å². The van der Waals surface area contributed by atoms with E-state index in [-0.39, 0.29) is 11.6 Å². The van der Waals surface area contributed by atoms with Gasteiger partial charge in [0, 0.05) is 6.04 Å². The van der Waals surface area contributed by atoms with E-state index < -0.39 is 29.8 Å².